The molecule has 1 heterocycles. The summed E-state index contributed by atoms with van der Waals surface area (Å²) in [6, 6.07) is 1.84. The third kappa shape index (κ3) is 2.03. The van der Waals surface area contributed by atoms with Gasteiger partial charge in [0.2, 0.25) is 0 Å². The van der Waals surface area contributed by atoms with Crippen LogP contribution in [-0.4, -0.2) is 48.3 Å². The first-order valence-electron chi connectivity index (χ1n) is 4.49. The summed E-state index contributed by atoms with van der Waals surface area (Å²) in [5.74, 6) is -1.37. The normalized spacial score (nSPS) is 29.8. The van der Waals surface area contributed by atoms with Gasteiger partial charge in [-0.05, 0) is 6.92 Å². The number of carboxylic acid groups (broad SMARTS) is 1. The highest BCUT2D eigenvalue weighted by Crippen LogP contribution is 2.21. The van der Waals surface area contributed by atoms with Crippen molar-refractivity contribution in [2.24, 2.45) is 5.92 Å². The van der Waals surface area contributed by atoms with Crippen LogP contribution in [0.4, 0.5) is 0 Å². The molecule has 1 aliphatic rings. The highest BCUT2D eigenvalue weighted by Gasteiger charge is 2.39. The number of nitriles is 1. The zero-order valence-corrected chi connectivity index (χ0v) is 8.30. The Hall–Kier alpha value is -1.12. The van der Waals surface area contributed by atoms with Crippen molar-refractivity contribution < 1.29 is 14.6 Å². The van der Waals surface area contributed by atoms with Gasteiger partial charge in [-0.25, -0.2) is 0 Å². The van der Waals surface area contributed by atoms with Crippen molar-refractivity contribution in [3.05, 3.63) is 0 Å². The van der Waals surface area contributed by atoms with Gasteiger partial charge in [0.05, 0.1) is 24.1 Å². The molecule has 0 aliphatic carbocycles. The number of rotatable bonds is 3. The highest BCUT2D eigenvalue weighted by atomic mass is 16.5. The first kappa shape index (κ1) is 11.0. The number of carbonyl (C=O) groups is 1. The molecule has 3 atom stereocenters. The summed E-state index contributed by atoms with van der Waals surface area (Å²) in [5, 5.41) is 17.6. The Bertz CT molecular complexity index is 261. The van der Waals surface area contributed by atoms with Crippen LogP contribution in [0.2, 0.25) is 0 Å². The quantitative estimate of drug-likeness (QED) is 0.687. The summed E-state index contributed by atoms with van der Waals surface area (Å²) >= 11 is 0. The van der Waals surface area contributed by atoms with Gasteiger partial charge in [0, 0.05) is 20.2 Å². The summed E-state index contributed by atoms with van der Waals surface area (Å²) in [6.45, 7) is 2.67. The van der Waals surface area contributed by atoms with E-state index >= 15 is 0 Å². The van der Waals surface area contributed by atoms with Crippen LogP contribution in [0, 0.1) is 17.2 Å². The van der Waals surface area contributed by atoms with Crippen molar-refractivity contribution in [1.82, 2.24) is 4.90 Å². The first-order valence-corrected chi connectivity index (χ1v) is 4.49. The second-order valence-electron chi connectivity index (χ2n) is 3.48. The summed E-state index contributed by atoms with van der Waals surface area (Å²) in [7, 11) is 1.50. The smallest absolute Gasteiger partial charge is 0.310 e. The fourth-order valence-electron chi connectivity index (χ4n) is 1.68. The molecule has 1 N–H and O–H groups in total. The van der Waals surface area contributed by atoms with E-state index in [-0.39, 0.29) is 12.1 Å². The maximum absolute atomic E-state index is 10.8. The number of hydrogen-bond donors (Lipinski definition) is 1. The molecule has 0 bridgehead atoms. The average Bonchev–Trinajstić information content (AvgIpc) is 2.60. The standard InChI is InChI=1S/C9H14N2O3/c1-6(3-10)11-4-7(9(12)13)8(5-11)14-2/h6-8H,4-5H2,1-2H3,(H,12,13). The molecule has 78 valence electrons. The second kappa shape index (κ2) is 4.40. The Morgan fingerprint density at radius 2 is 2.36 bits per heavy atom. The van der Waals surface area contributed by atoms with Crippen molar-refractivity contribution in [2.45, 2.75) is 19.1 Å². The molecular weight excluding hydrogens is 184 g/mol. The number of hydrogen-bond acceptors (Lipinski definition) is 4. The summed E-state index contributed by atoms with van der Waals surface area (Å²) in [5.41, 5.74) is 0. The SMILES string of the molecule is COC1CN(C(C)C#N)CC1C(=O)O. The van der Waals surface area contributed by atoms with Crippen LogP contribution >= 0.6 is 0 Å². The Labute approximate surface area is 82.9 Å². The monoisotopic (exact) mass is 198 g/mol. The molecule has 1 fully saturated rings. The lowest BCUT2D eigenvalue weighted by Gasteiger charge is -2.16. The van der Waals surface area contributed by atoms with E-state index < -0.39 is 11.9 Å². The number of likely N-dealkylation sites (tertiary alicyclic amines) is 1. The Kier molecular flexibility index (Phi) is 3.44. The fraction of sp³-hybridized carbons (Fsp3) is 0.778. The summed E-state index contributed by atoms with van der Waals surface area (Å²) < 4.78 is 5.08. The van der Waals surface area contributed by atoms with E-state index in [2.05, 4.69) is 6.07 Å². The van der Waals surface area contributed by atoms with E-state index in [9.17, 15) is 4.79 Å². The van der Waals surface area contributed by atoms with Gasteiger partial charge in [-0.2, -0.15) is 5.26 Å². The zero-order chi connectivity index (χ0) is 10.7. The molecule has 14 heavy (non-hydrogen) atoms. The molecule has 0 aromatic heterocycles. The van der Waals surface area contributed by atoms with Crippen molar-refractivity contribution in [1.29, 1.82) is 5.26 Å². The fourth-order valence-corrected chi connectivity index (χ4v) is 1.68. The highest BCUT2D eigenvalue weighted by molar-refractivity contribution is 5.71. The molecule has 1 rings (SSSR count). The molecule has 5 heteroatoms. The molecular formula is C9H14N2O3. The topological polar surface area (TPSA) is 73.6 Å². The summed E-state index contributed by atoms with van der Waals surface area (Å²) in [6.07, 6.45) is -0.303. The molecule has 3 unspecified atom stereocenters. The lowest BCUT2D eigenvalue weighted by molar-refractivity contribution is -0.144. The predicted molar refractivity (Wildman–Crippen MR) is 48.6 cm³/mol. The van der Waals surface area contributed by atoms with Crippen LogP contribution in [-0.2, 0) is 9.53 Å². The van der Waals surface area contributed by atoms with Gasteiger partial charge in [0.1, 0.15) is 0 Å². The largest absolute Gasteiger partial charge is 0.481 e. The van der Waals surface area contributed by atoms with Crippen molar-refractivity contribution in [2.75, 3.05) is 20.2 Å². The minimum Gasteiger partial charge on any atom is -0.481 e. The molecule has 0 aromatic carbocycles. The Morgan fingerprint density at radius 3 is 2.71 bits per heavy atom. The van der Waals surface area contributed by atoms with Crippen LogP contribution in [0.15, 0.2) is 0 Å². The second-order valence-corrected chi connectivity index (χ2v) is 3.48. The zero-order valence-electron chi connectivity index (χ0n) is 8.30. The molecule has 0 saturated carbocycles. The molecule has 5 nitrogen and oxygen atoms in total. The molecule has 1 saturated heterocycles. The maximum atomic E-state index is 10.8. The minimum atomic E-state index is -0.857. The number of methoxy groups -OCH3 is 1. The summed E-state index contributed by atoms with van der Waals surface area (Å²) in [4.78, 5) is 12.7. The number of carboxylic acids is 1. The molecule has 0 spiro atoms. The molecule has 0 radical (unpaired) electrons. The van der Waals surface area contributed by atoms with E-state index in [4.69, 9.17) is 15.1 Å². The van der Waals surface area contributed by atoms with E-state index in [0.29, 0.717) is 13.1 Å². The van der Waals surface area contributed by atoms with Gasteiger partial charge in [-0.1, -0.05) is 0 Å². The minimum absolute atomic E-state index is 0.253. The lowest BCUT2D eigenvalue weighted by atomic mass is 10.1. The average molecular weight is 198 g/mol. The van der Waals surface area contributed by atoms with Gasteiger partial charge in [-0.15, -0.1) is 0 Å². The van der Waals surface area contributed by atoms with Gasteiger partial charge in [0.15, 0.2) is 0 Å². The number of nitrogens with zero attached hydrogens (tertiary/aromatic N) is 2. The Balaban J connectivity index is 2.66. The van der Waals surface area contributed by atoms with E-state index in [1.807, 2.05) is 4.90 Å². The molecule has 0 aromatic rings. The van der Waals surface area contributed by atoms with Crippen molar-refractivity contribution in [3.63, 3.8) is 0 Å². The van der Waals surface area contributed by atoms with Crippen molar-refractivity contribution in [3.8, 4) is 6.07 Å². The third-order valence-corrected chi connectivity index (χ3v) is 2.65. The van der Waals surface area contributed by atoms with Crippen LogP contribution in [0.1, 0.15) is 6.92 Å². The van der Waals surface area contributed by atoms with Gasteiger partial charge in [-0.3, -0.25) is 9.69 Å². The van der Waals surface area contributed by atoms with Crippen LogP contribution in [0.25, 0.3) is 0 Å². The van der Waals surface area contributed by atoms with Crippen LogP contribution in [0.3, 0.4) is 0 Å². The maximum Gasteiger partial charge on any atom is 0.310 e. The molecule has 1 aliphatic heterocycles. The predicted octanol–water partition coefficient (Wildman–Crippen LogP) is -0.0701. The molecule has 0 amide bonds. The third-order valence-electron chi connectivity index (χ3n) is 2.65. The van der Waals surface area contributed by atoms with E-state index in [1.165, 1.54) is 7.11 Å². The first-order chi connectivity index (χ1) is 6.60. The lowest BCUT2D eigenvalue weighted by Crippen LogP contribution is -2.30. The van der Waals surface area contributed by atoms with E-state index in [1.54, 1.807) is 6.92 Å². The Morgan fingerprint density at radius 1 is 1.71 bits per heavy atom. The van der Waals surface area contributed by atoms with Crippen LogP contribution in [0.5, 0.6) is 0 Å². The van der Waals surface area contributed by atoms with Gasteiger partial charge < -0.3 is 9.84 Å². The van der Waals surface area contributed by atoms with Crippen molar-refractivity contribution >= 4 is 5.97 Å². The van der Waals surface area contributed by atoms with Gasteiger partial charge in [0.25, 0.3) is 0 Å². The van der Waals surface area contributed by atoms with Gasteiger partial charge >= 0.3 is 5.97 Å². The van der Waals surface area contributed by atoms with E-state index in [0.717, 1.165) is 0 Å². The number of ether oxygens (including phenoxy) is 1. The van der Waals surface area contributed by atoms with Crippen LogP contribution < -0.4 is 0 Å². The number of aliphatic carboxylic acids is 1.